The molecule has 0 aliphatic heterocycles. The van der Waals surface area contributed by atoms with E-state index in [1.165, 1.54) is 0 Å². The number of fused-ring (bicyclic) bond motifs is 1. The molecule has 17 heavy (non-hydrogen) atoms. The Hall–Kier alpha value is -1.40. The third-order valence-corrected chi connectivity index (χ3v) is 3.16. The number of aliphatic hydroxyl groups excluding tert-OH is 1. The van der Waals surface area contributed by atoms with Gasteiger partial charge in [-0.1, -0.05) is 0 Å². The molecule has 2 aromatic heterocycles. The summed E-state index contributed by atoms with van der Waals surface area (Å²) in [5.41, 5.74) is 0.788. The Labute approximate surface area is 103 Å². The van der Waals surface area contributed by atoms with Gasteiger partial charge < -0.3 is 10.4 Å². The Morgan fingerprint density at radius 1 is 1.53 bits per heavy atom. The lowest BCUT2D eigenvalue weighted by molar-refractivity contribution is -0.120. The van der Waals surface area contributed by atoms with Crippen molar-refractivity contribution < 1.29 is 9.90 Å². The Morgan fingerprint density at radius 2 is 2.41 bits per heavy atom. The molecular formula is C11H15N3O2S. The number of nitrogens with zero attached hydrogens (tertiary/aromatic N) is 2. The first kappa shape index (κ1) is 12.1. The second-order valence-electron chi connectivity index (χ2n) is 3.78. The molecule has 0 bridgehead atoms. The van der Waals surface area contributed by atoms with Gasteiger partial charge in [0, 0.05) is 30.9 Å². The lowest BCUT2D eigenvalue weighted by Crippen LogP contribution is -2.26. The van der Waals surface area contributed by atoms with Crippen molar-refractivity contribution in [1.82, 2.24) is 14.7 Å². The van der Waals surface area contributed by atoms with E-state index >= 15 is 0 Å². The number of hydrogen-bond donors (Lipinski definition) is 2. The van der Waals surface area contributed by atoms with Crippen molar-refractivity contribution >= 4 is 22.2 Å². The summed E-state index contributed by atoms with van der Waals surface area (Å²) in [5.74, 6) is -0.0197. The molecule has 5 nitrogen and oxygen atoms in total. The van der Waals surface area contributed by atoms with Crippen molar-refractivity contribution in [2.45, 2.75) is 19.3 Å². The lowest BCUT2D eigenvalue weighted by Gasteiger charge is -2.02. The van der Waals surface area contributed by atoms with E-state index in [1.807, 2.05) is 22.2 Å². The maximum Gasteiger partial charge on any atom is 0.226 e. The summed E-state index contributed by atoms with van der Waals surface area (Å²) >= 11 is 1.55. The normalized spacial score (nSPS) is 10.9. The number of aromatic nitrogens is 2. The summed E-state index contributed by atoms with van der Waals surface area (Å²) < 4.78 is 1.92. The van der Waals surface area contributed by atoms with Crippen LogP contribution in [0.1, 0.15) is 18.5 Å². The molecule has 1 amide bonds. The van der Waals surface area contributed by atoms with E-state index in [1.54, 1.807) is 11.3 Å². The molecular weight excluding hydrogens is 238 g/mol. The highest BCUT2D eigenvalue weighted by Gasteiger charge is 2.07. The molecule has 2 N–H and O–H groups in total. The molecule has 0 fully saturated rings. The minimum atomic E-state index is -0.0197. The number of aliphatic hydroxyl groups is 1. The Balaban J connectivity index is 1.80. The first-order chi connectivity index (χ1) is 8.29. The fourth-order valence-electron chi connectivity index (χ4n) is 1.55. The van der Waals surface area contributed by atoms with E-state index in [2.05, 4.69) is 10.3 Å². The van der Waals surface area contributed by atoms with E-state index in [0.29, 0.717) is 13.0 Å². The topological polar surface area (TPSA) is 66.6 Å². The van der Waals surface area contributed by atoms with Gasteiger partial charge in [-0.25, -0.2) is 4.98 Å². The van der Waals surface area contributed by atoms with E-state index in [0.717, 1.165) is 23.5 Å². The van der Waals surface area contributed by atoms with Crippen molar-refractivity contribution in [1.29, 1.82) is 0 Å². The second kappa shape index (κ2) is 5.79. The highest BCUT2D eigenvalue weighted by molar-refractivity contribution is 7.15. The van der Waals surface area contributed by atoms with Gasteiger partial charge in [-0.15, -0.1) is 11.3 Å². The predicted molar refractivity (Wildman–Crippen MR) is 66.1 cm³/mol. The zero-order valence-electron chi connectivity index (χ0n) is 9.43. The molecule has 2 rings (SSSR count). The van der Waals surface area contributed by atoms with E-state index < -0.39 is 0 Å². The van der Waals surface area contributed by atoms with Gasteiger partial charge in [-0.3, -0.25) is 9.20 Å². The van der Waals surface area contributed by atoms with Gasteiger partial charge in [-0.05, 0) is 12.8 Å². The molecule has 0 saturated heterocycles. The van der Waals surface area contributed by atoms with Gasteiger partial charge >= 0.3 is 0 Å². The third kappa shape index (κ3) is 3.28. The molecule has 92 valence electrons. The van der Waals surface area contributed by atoms with Crippen molar-refractivity contribution in [3.63, 3.8) is 0 Å². The zero-order chi connectivity index (χ0) is 12.1. The number of nitrogens with one attached hydrogen (secondary N) is 1. The van der Waals surface area contributed by atoms with Gasteiger partial charge in [0.25, 0.3) is 0 Å². The highest BCUT2D eigenvalue weighted by atomic mass is 32.1. The molecule has 2 aromatic rings. The van der Waals surface area contributed by atoms with Crippen molar-refractivity contribution in [2.75, 3.05) is 13.2 Å². The summed E-state index contributed by atoms with van der Waals surface area (Å²) in [7, 11) is 0. The van der Waals surface area contributed by atoms with Crippen LogP contribution < -0.4 is 5.32 Å². The monoisotopic (exact) mass is 253 g/mol. The van der Waals surface area contributed by atoms with Crippen LogP contribution in [0.2, 0.25) is 0 Å². The Bertz CT molecular complexity index is 463. The molecule has 0 saturated carbocycles. The van der Waals surface area contributed by atoms with E-state index in [9.17, 15) is 4.79 Å². The highest BCUT2D eigenvalue weighted by Crippen LogP contribution is 2.11. The smallest absolute Gasteiger partial charge is 0.226 e. The second-order valence-corrected chi connectivity index (χ2v) is 4.66. The van der Waals surface area contributed by atoms with Crippen LogP contribution in [-0.2, 0) is 11.2 Å². The molecule has 0 aliphatic carbocycles. The number of amides is 1. The fourth-order valence-corrected chi connectivity index (χ4v) is 2.27. The largest absolute Gasteiger partial charge is 0.396 e. The number of hydrogen-bond acceptors (Lipinski definition) is 4. The molecule has 0 unspecified atom stereocenters. The van der Waals surface area contributed by atoms with Gasteiger partial charge in [0.15, 0.2) is 4.96 Å². The summed E-state index contributed by atoms with van der Waals surface area (Å²) in [5, 5.41) is 13.4. The Morgan fingerprint density at radius 3 is 3.18 bits per heavy atom. The quantitative estimate of drug-likeness (QED) is 0.749. The van der Waals surface area contributed by atoms with Crippen LogP contribution in [0.15, 0.2) is 17.8 Å². The molecule has 0 spiro atoms. The van der Waals surface area contributed by atoms with Gasteiger partial charge in [0.2, 0.25) is 5.91 Å². The van der Waals surface area contributed by atoms with Gasteiger partial charge in [0.05, 0.1) is 12.1 Å². The van der Waals surface area contributed by atoms with Gasteiger partial charge in [-0.2, -0.15) is 0 Å². The third-order valence-electron chi connectivity index (χ3n) is 2.39. The SMILES string of the molecule is O=C(Cc1cn2ccsc2n1)NCCCCO. The summed E-state index contributed by atoms with van der Waals surface area (Å²) in [6, 6.07) is 0. The van der Waals surface area contributed by atoms with Crippen molar-refractivity contribution in [3.8, 4) is 0 Å². The van der Waals surface area contributed by atoms with Crippen LogP contribution in [0.25, 0.3) is 4.96 Å². The molecule has 0 aromatic carbocycles. The van der Waals surface area contributed by atoms with Crippen LogP contribution in [0.3, 0.4) is 0 Å². The van der Waals surface area contributed by atoms with Crippen molar-refractivity contribution in [3.05, 3.63) is 23.5 Å². The number of unbranched alkanes of at least 4 members (excludes halogenated alkanes) is 1. The number of carbonyl (C=O) groups is 1. The first-order valence-electron chi connectivity index (χ1n) is 5.58. The standard InChI is InChI=1S/C11H15N3O2S/c15-5-2-1-3-12-10(16)7-9-8-14-4-6-17-11(14)13-9/h4,6,8,15H,1-3,5,7H2,(H,12,16). The molecule has 0 radical (unpaired) electrons. The van der Waals surface area contributed by atoms with Crippen LogP contribution in [0, 0.1) is 0 Å². The first-order valence-corrected chi connectivity index (χ1v) is 6.46. The average molecular weight is 253 g/mol. The predicted octanol–water partition coefficient (Wildman–Crippen LogP) is 0.827. The van der Waals surface area contributed by atoms with E-state index in [-0.39, 0.29) is 12.5 Å². The molecule has 0 aliphatic rings. The Kier molecular flexibility index (Phi) is 4.11. The summed E-state index contributed by atoms with van der Waals surface area (Å²) in [6.07, 6.45) is 5.64. The number of carbonyl (C=O) groups excluding carboxylic acids is 1. The van der Waals surface area contributed by atoms with Crippen LogP contribution in [0.4, 0.5) is 0 Å². The molecule has 0 atom stereocenters. The number of rotatable bonds is 6. The maximum absolute atomic E-state index is 11.6. The summed E-state index contributed by atoms with van der Waals surface area (Å²) in [6.45, 7) is 0.787. The molecule has 6 heteroatoms. The van der Waals surface area contributed by atoms with E-state index in [4.69, 9.17) is 5.11 Å². The fraction of sp³-hybridized carbons (Fsp3) is 0.455. The van der Waals surface area contributed by atoms with Crippen LogP contribution in [0.5, 0.6) is 0 Å². The van der Waals surface area contributed by atoms with Crippen molar-refractivity contribution in [2.24, 2.45) is 0 Å². The molecule has 2 heterocycles. The maximum atomic E-state index is 11.6. The number of thiazole rings is 1. The lowest BCUT2D eigenvalue weighted by atomic mass is 10.3. The minimum Gasteiger partial charge on any atom is -0.396 e. The average Bonchev–Trinajstić information content (AvgIpc) is 2.84. The van der Waals surface area contributed by atoms with Crippen LogP contribution in [-0.4, -0.2) is 33.6 Å². The minimum absolute atomic E-state index is 0.0197. The van der Waals surface area contributed by atoms with Crippen LogP contribution >= 0.6 is 11.3 Å². The zero-order valence-corrected chi connectivity index (χ0v) is 10.2. The number of imidazole rings is 1. The summed E-state index contributed by atoms with van der Waals surface area (Å²) in [4.78, 5) is 16.8. The van der Waals surface area contributed by atoms with Gasteiger partial charge in [0.1, 0.15) is 0 Å².